The number of sulfone groups is 1. The molecule has 2 unspecified atom stereocenters. The lowest BCUT2D eigenvalue weighted by Gasteiger charge is -2.34. The Morgan fingerprint density at radius 3 is 2.67 bits per heavy atom. The van der Waals surface area contributed by atoms with E-state index < -0.39 is 9.84 Å². The van der Waals surface area contributed by atoms with E-state index >= 15 is 0 Å². The molecule has 1 fully saturated rings. The third kappa shape index (κ3) is 4.77. The molecule has 1 aromatic carbocycles. The second kappa shape index (κ2) is 7.22. The van der Waals surface area contributed by atoms with Crippen molar-refractivity contribution in [3.63, 3.8) is 0 Å². The molecule has 6 heteroatoms. The van der Waals surface area contributed by atoms with E-state index in [1.54, 1.807) is 24.3 Å². The normalized spacial score (nSPS) is 22.1. The van der Waals surface area contributed by atoms with Crippen molar-refractivity contribution in [2.75, 3.05) is 25.4 Å². The number of hydrogen-bond donors (Lipinski definition) is 1. The number of halogens is 1. The zero-order valence-electron chi connectivity index (χ0n) is 12.3. The Morgan fingerprint density at radius 1 is 1.38 bits per heavy atom. The number of piperidine rings is 1. The molecule has 1 heterocycles. The van der Waals surface area contributed by atoms with Gasteiger partial charge in [0.15, 0.2) is 9.84 Å². The summed E-state index contributed by atoms with van der Waals surface area (Å²) in [5.74, 6) is 0.648. The number of nitrogens with two attached hydrogens (primary N) is 1. The smallest absolute Gasteiger partial charge is 0.179 e. The molecule has 0 bridgehead atoms. The van der Waals surface area contributed by atoms with Crippen molar-refractivity contribution < 1.29 is 8.42 Å². The van der Waals surface area contributed by atoms with Crippen LogP contribution in [0.4, 0.5) is 0 Å². The first-order valence-electron chi connectivity index (χ1n) is 7.35. The van der Waals surface area contributed by atoms with Gasteiger partial charge in [-0.25, -0.2) is 8.42 Å². The van der Waals surface area contributed by atoms with E-state index in [2.05, 4.69) is 20.8 Å². The SMILES string of the molecule is CC(N)C1CCCN(CCS(=O)(=O)c2ccc(Br)cc2)C1. The molecule has 21 heavy (non-hydrogen) atoms. The van der Waals surface area contributed by atoms with Crippen LogP contribution in [0, 0.1) is 5.92 Å². The number of likely N-dealkylation sites (tertiary alicyclic amines) is 1. The van der Waals surface area contributed by atoms with Gasteiger partial charge >= 0.3 is 0 Å². The highest BCUT2D eigenvalue weighted by atomic mass is 79.9. The number of benzene rings is 1. The van der Waals surface area contributed by atoms with Crippen LogP contribution in [0.3, 0.4) is 0 Å². The third-order valence-electron chi connectivity index (χ3n) is 4.13. The standard InChI is InChI=1S/C15H23BrN2O2S/c1-12(17)13-3-2-8-18(11-13)9-10-21(19,20)15-6-4-14(16)5-7-15/h4-7,12-13H,2-3,8-11,17H2,1H3. The van der Waals surface area contributed by atoms with Crippen LogP contribution in [-0.2, 0) is 9.84 Å². The molecule has 0 radical (unpaired) electrons. The fraction of sp³-hybridized carbons (Fsp3) is 0.600. The summed E-state index contributed by atoms with van der Waals surface area (Å²) in [7, 11) is -3.21. The molecule has 0 saturated carbocycles. The van der Waals surface area contributed by atoms with Gasteiger partial charge in [-0.2, -0.15) is 0 Å². The molecule has 118 valence electrons. The van der Waals surface area contributed by atoms with Gasteiger partial charge in [0, 0.05) is 23.6 Å². The van der Waals surface area contributed by atoms with Crippen molar-refractivity contribution >= 4 is 25.8 Å². The fourth-order valence-corrected chi connectivity index (χ4v) is 4.28. The van der Waals surface area contributed by atoms with Gasteiger partial charge in [-0.3, -0.25) is 0 Å². The van der Waals surface area contributed by atoms with Gasteiger partial charge in [-0.1, -0.05) is 15.9 Å². The van der Waals surface area contributed by atoms with Crippen LogP contribution in [0.5, 0.6) is 0 Å². The van der Waals surface area contributed by atoms with Crippen LogP contribution in [-0.4, -0.2) is 44.7 Å². The van der Waals surface area contributed by atoms with E-state index in [4.69, 9.17) is 5.73 Å². The van der Waals surface area contributed by atoms with Crippen LogP contribution < -0.4 is 5.73 Å². The zero-order chi connectivity index (χ0) is 15.5. The van der Waals surface area contributed by atoms with Crippen LogP contribution in [0.1, 0.15) is 19.8 Å². The minimum Gasteiger partial charge on any atom is -0.328 e. The summed E-state index contributed by atoms with van der Waals surface area (Å²) >= 11 is 3.32. The Hall–Kier alpha value is -0.430. The van der Waals surface area contributed by atoms with Crippen molar-refractivity contribution in [3.05, 3.63) is 28.7 Å². The first-order valence-corrected chi connectivity index (χ1v) is 9.79. The van der Waals surface area contributed by atoms with Gasteiger partial charge in [0.05, 0.1) is 10.6 Å². The first-order chi connectivity index (χ1) is 9.88. The van der Waals surface area contributed by atoms with Gasteiger partial charge in [-0.05, 0) is 56.5 Å². The molecule has 2 rings (SSSR count). The van der Waals surface area contributed by atoms with Crippen molar-refractivity contribution in [2.45, 2.75) is 30.7 Å². The second-order valence-electron chi connectivity index (χ2n) is 5.83. The van der Waals surface area contributed by atoms with Gasteiger partial charge < -0.3 is 10.6 Å². The largest absolute Gasteiger partial charge is 0.328 e. The summed E-state index contributed by atoms with van der Waals surface area (Å²) in [6, 6.07) is 7.01. The maximum absolute atomic E-state index is 12.3. The monoisotopic (exact) mass is 374 g/mol. The minimum atomic E-state index is -3.21. The fourth-order valence-electron chi connectivity index (χ4n) is 2.73. The lowest BCUT2D eigenvalue weighted by molar-refractivity contribution is 0.169. The lowest BCUT2D eigenvalue weighted by Crippen LogP contribution is -2.43. The van der Waals surface area contributed by atoms with E-state index in [-0.39, 0.29) is 11.8 Å². The highest BCUT2D eigenvalue weighted by Gasteiger charge is 2.24. The van der Waals surface area contributed by atoms with Crippen LogP contribution in [0.2, 0.25) is 0 Å². The molecule has 0 aliphatic carbocycles. The molecule has 0 spiro atoms. The van der Waals surface area contributed by atoms with Crippen molar-refractivity contribution in [1.29, 1.82) is 0 Å². The summed E-state index contributed by atoms with van der Waals surface area (Å²) in [4.78, 5) is 2.62. The molecule has 1 aliphatic rings. The highest BCUT2D eigenvalue weighted by Crippen LogP contribution is 2.20. The molecule has 1 aliphatic heterocycles. The molecular formula is C15H23BrN2O2S. The van der Waals surface area contributed by atoms with Crippen molar-refractivity contribution in [2.24, 2.45) is 11.7 Å². The molecule has 1 aromatic rings. The Balaban J connectivity index is 1.94. The van der Waals surface area contributed by atoms with Gasteiger partial charge in [0.2, 0.25) is 0 Å². The first kappa shape index (κ1) is 16.9. The third-order valence-corrected chi connectivity index (χ3v) is 6.37. The second-order valence-corrected chi connectivity index (χ2v) is 8.86. The lowest BCUT2D eigenvalue weighted by atomic mass is 9.92. The molecule has 1 saturated heterocycles. The Morgan fingerprint density at radius 2 is 2.05 bits per heavy atom. The number of nitrogens with zero attached hydrogens (tertiary/aromatic N) is 1. The minimum absolute atomic E-state index is 0.167. The summed E-state index contributed by atoms with van der Waals surface area (Å²) in [6.07, 6.45) is 2.25. The maximum Gasteiger partial charge on any atom is 0.179 e. The van der Waals surface area contributed by atoms with Gasteiger partial charge in [-0.15, -0.1) is 0 Å². The summed E-state index contributed by atoms with van der Waals surface area (Å²) in [5, 5.41) is 0. The van der Waals surface area contributed by atoms with E-state index in [1.165, 1.54) is 0 Å². The Kier molecular flexibility index (Phi) is 5.82. The number of hydrogen-bond acceptors (Lipinski definition) is 4. The summed E-state index contributed by atoms with van der Waals surface area (Å²) in [5.41, 5.74) is 5.97. The summed E-state index contributed by atoms with van der Waals surface area (Å²) < 4.78 is 25.6. The highest BCUT2D eigenvalue weighted by molar-refractivity contribution is 9.10. The van der Waals surface area contributed by atoms with Crippen LogP contribution in [0.15, 0.2) is 33.6 Å². The topological polar surface area (TPSA) is 63.4 Å². The Bertz CT molecular complexity index is 558. The van der Waals surface area contributed by atoms with E-state index in [9.17, 15) is 8.42 Å². The average Bonchev–Trinajstić information content (AvgIpc) is 2.46. The van der Waals surface area contributed by atoms with Crippen molar-refractivity contribution in [1.82, 2.24) is 4.90 Å². The van der Waals surface area contributed by atoms with E-state index in [0.29, 0.717) is 17.4 Å². The number of rotatable bonds is 5. The van der Waals surface area contributed by atoms with Crippen molar-refractivity contribution in [3.8, 4) is 0 Å². The van der Waals surface area contributed by atoms with E-state index in [0.717, 1.165) is 30.4 Å². The molecule has 4 nitrogen and oxygen atoms in total. The molecule has 2 atom stereocenters. The molecular weight excluding hydrogens is 352 g/mol. The predicted molar refractivity (Wildman–Crippen MR) is 89.0 cm³/mol. The predicted octanol–water partition coefficient (Wildman–Crippen LogP) is 2.28. The van der Waals surface area contributed by atoms with Crippen LogP contribution in [0.25, 0.3) is 0 Å². The van der Waals surface area contributed by atoms with Crippen LogP contribution >= 0.6 is 15.9 Å². The summed E-state index contributed by atoms with van der Waals surface area (Å²) in [6.45, 7) is 4.50. The molecule has 0 amide bonds. The van der Waals surface area contributed by atoms with E-state index in [1.807, 2.05) is 6.92 Å². The average molecular weight is 375 g/mol. The van der Waals surface area contributed by atoms with Gasteiger partial charge in [0.1, 0.15) is 0 Å². The molecule has 0 aromatic heterocycles. The Labute approximate surface area is 135 Å². The maximum atomic E-state index is 12.3. The quantitative estimate of drug-likeness (QED) is 0.858. The van der Waals surface area contributed by atoms with Gasteiger partial charge in [0.25, 0.3) is 0 Å². The zero-order valence-corrected chi connectivity index (χ0v) is 14.7. The molecule has 2 N–H and O–H groups in total.